The number of amides is 1. The van der Waals surface area contributed by atoms with Gasteiger partial charge < -0.3 is 9.80 Å². The highest BCUT2D eigenvalue weighted by molar-refractivity contribution is 5.79. The SMILES string of the molecule is Cc1ncc(CN(C)C)c([C@@H]2CCCN2C(=O)Cc2nonc2C)n1. The van der Waals surface area contributed by atoms with Crippen molar-refractivity contribution in [1.29, 1.82) is 0 Å². The van der Waals surface area contributed by atoms with Crippen molar-refractivity contribution in [3.8, 4) is 0 Å². The average molecular weight is 344 g/mol. The molecule has 3 heterocycles. The van der Waals surface area contributed by atoms with Gasteiger partial charge in [-0.05, 0) is 40.8 Å². The molecule has 134 valence electrons. The Kier molecular flexibility index (Phi) is 5.08. The quantitative estimate of drug-likeness (QED) is 0.811. The van der Waals surface area contributed by atoms with Gasteiger partial charge >= 0.3 is 0 Å². The Morgan fingerprint density at radius 1 is 1.36 bits per heavy atom. The van der Waals surface area contributed by atoms with Gasteiger partial charge in [0.1, 0.15) is 17.2 Å². The van der Waals surface area contributed by atoms with E-state index >= 15 is 0 Å². The van der Waals surface area contributed by atoms with Crippen LogP contribution in [0, 0.1) is 13.8 Å². The van der Waals surface area contributed by atoms with E-state index in [1.165, 1.54) is 0 Å². The molecule has 8 nitrogen and oxygen atoms in total. The maximum absolute atomic E-state index is 12.8. The lowest BCUT2D eigenvalue weighted by Crippen LogP contribution is -2.33. The number of rotatable bonds is 5. The molecule has 0 spiro atoms. The van der Waals surface area contributed by atoms with Crippen molar-refractivity contribution in [1.82, 2.24) is 30.1 Å². The lowest BCUT2D eigenvalue weighted by atomic mass is 10.0. The minimum atomic E-state index is -0.00989. The largest absolute Gasteiger partial charge is 0.334 e. The zero-order valence-electron chi connectivity index (χ0n) is 15.2. The summed E-state index contributed by atoms with van der Waals surface area (Å²) in [4.78, 5) is 25.8. The molecule has 8 heteroatoms. The van der Waals surface area contributed by atoms with Crippen LogP contribution in [0.5, 0.6) is 0 Å². The van der Waals surface area contributed by atoms with Gasteiger partial charge in [0.25, 0.3) is 0 Å². The third-order valence-electron chi connectivity index (χ3n) is 4.46. The summed E-state index contributed by atoms with van der Waals surface area (Å²) in [6.45, 7) is 5.16. The first kappa shape index (κ1) is 17.5. The lowest BCUT2D eigenvalue weighted by Gasteiger charge is -2.26. The van der Waals surface area contributed by atoms with Crippen LogP contribution in [0.3, 0.4) is 0 Å². The van der Waals surface area contributed by atoms with Crippen LogP contribution in [-0.2, 0) is 17.8 Å². The molecule has 1 fully saturated rings. The maximum Gasteiger partial charge on any atom is 0.229 e. The monoisotopic (exact) mass is 344 g/mol. The summed E-state index contributed by atoms with van der Waals surface area (Å²) in [6.07, 6.45) is 3.97. The number of aryl methyl sites for hydroxylation is 2. The summed E-state index contributed by atoms with van der Waals surface area (Å²) in [5.41, 5.74) is 3.29. The Hall–Kier alpha value is -2.35. The number of carbonyl (C=O) groups excluding carboxylic acids is 1. The highest BCUT2D eigenvalue weighted by Crippen LogP contribution is 2.33. The lowest BCUT2D eigenvalue weighted by molar-refractivity contribution is -0.131. The van der Waals surface area contributed by atoms with Crippen LogP contribution < -0.4 is 0 Å². The zero-order chi connectivity index (χ0) is 18.0. The van der Waals surface area contributed by atoms with E-state index in [0.29, 0.717) is 11.4 Å². The van der Waals surface area contributed by atoms with Crippen molar-refractivity contribution >= 4 is 5.91 Å². The maximum atomic E-state index is 12.8. The molecule has 3 rings (SSSR count). The second-order valence-corrected chi connectivity index (χ2v) is 6.78. The molecule has 2 aromatic heterocycles. The second-order valence-electron chi connectivity index (χ2n) is 6.78. The summed E-state index contributed by atoms with van der Waals surface area (Å²) in [7, 11) is 4.03. The molecule has 0 N–H and O–H groups in total. The van der Waals surface area contributed by atoms with Gasteiger partial charge in [-0.25, -0.2) is 14.6 Å². The van der Waals surface area contributed by atoms with Crippen LogP contribution in [0.25, 0.3) is 0 Å². The van der Waals surface area contributed by atoms with Crippen LogP contribution in [0.2, 0.25) is 0 Å². The molecule has 0 saturated carbocycles. The second kappa shape index (κ2) is 7.26. The average Bonchev–Trinajstić information content (AvgIpc) is 3.18. The minimum Gasteiger partial charge on any atom is -0.334 e. The Morgan fingerprint density at radius 3 is 2.84 bits per heavy atom. The van der Waals surface area contributed by atoms with Gasteiger partial charge in [0, 0.05) is 24.8 Å². The molecule has 0 radical (unpaired) electrons. The molecule has 1 atom stereocenters. The fourth-order valence-corrected chi connectivity index (χ4v) is 3.27. The molecular formula is C17H24N6O2. The summed E-state index contributed by atoms with van der Waals surface area (Å²) < 4.78 is 4.70. The third kappa shape index (κ3) is 3.84. The van der Waals surface area contributed by atoms with E-state index in [4.69, 9.17) is 4.63 Å². The van der Waals surface area contributed by atoms with Crippen LogP contribution in [0.1, 0.15) is 47.4 Å². The smallest absolute Gasteiger partial charge is 0.229 e. The number of nitrogens with zero attached hydrogens (tertiary/aromatic N) is 6. The van der Waals surface area contributed by atoms with Crippen LogP contribution in [0.4, 0.5) is 0 Å². The summed E-state index contributed by atoms with van der Waals surface area (Å²) in [5.74, 6) is 0.765. The number of carbonyl (C=O) groups is 1. The van der Waals surface area contributed by atoms with E-state index in [2.05, 4.69) is 25.2 Å². The van der Waals surface area contributed by atoms with Crippen molar-refractivity contribution in [3.05, 3.63) is 34.7 Å². The normalized spacial score (nSPS) is 17.5. The molecule has 0 aromatic carbocycles. The van der Waals surface area contributed by atoms with Gasteiger partial charge in [0.15, 0.2) is 0 Å². The number of hydrogen-bond acceptors (Lipinski definition) is 7. The van der Waals surface area contributed by atoms with E-state index in [1.54, 1.807) is 6.92 Å². The topological polar surface area (TPSA) is 88.3 Å². The molecular weight excluding hydrogens is 320 g/mol. The zero-order valence-corrected chi connectivity index (χ0v) is 15.2. The van der Waals surface area contributed by atoms with E-state index in [0.717, 1.165) is 43.0 Å². The fraction of sp³-hybridized carbons (Fsp3) is 0.588. The van der Waals surface area contributed by atoms with Crippen molar-refractivity contribution in [3.63, 3.8) is 0 Å². The summed E-state index contributed by atoms with van der Waals surface area (Å²) in [5, 5.41) is 7.58. The Morgan fingerprint density at radius 2 is 2.16 bits per heavy atom. The highest BCUT2D eigenvalue weighted by atomic mass is 16.6. The fourth-order valence-electron chi connectivity index (χ4n) is 3.27. The molecule has 1 saturated heterocycles. The predicted octanol–water partition coefficient (Wildman–Crippen LogP) is 1.44. The van der Waals surface area contributed by atoms with Gasteiger partial charge in [-0.3, -0.25) is 4.79 Å². The first-order valence-electron chi connectivity index (χ1n) is 8.50. The minimum absolute atomic E-state index is 0.00989. The van der Waals surface area contributed by atoms with Gasteiger partial charge in [0.2, 0.25) is 5.91 Å². The molecule has 2 aromatic rings. The predicted molar refractivity (Wildman–Crippen MR) is 90.6 cm³/mol. The van der Waals surface area contributed by atoms with Crippen molar-refractivity contribution < 1.29 is 9.42 Å². The molecule has 0 bridgehead atoms. The number of aromatic nitrogens is 4. The van der Waals surface area contributed by atoms with Gasteiger partial charge in [-0.15, -0.1) is 0 Å². The first-order valence-corrected chi connectivity index (χ1v) is 8.50. The highest BCUT2D eigenvalue weighted by Gasteiger charge is 2.33. The van der Waals surface area contributed by atoms with Crippen molar-refractivity contribution in [2.45, 2.75) is 45.7 Å². The Balaban J connectivity index is 1.85. The molecule has 1 aliphatic rings. The molecule has 0 aliphatic carbocycles. The molecule has 0 unspecified atom stereocenters. The standard InChI is InChI=1S/C17H24N6O2/c1-11-14(21-25-20-11)8-16(24)23-7-5-6-15(23)17-13(10-22(3)4)9-18-12(2)19-17/h9,15H,5-8,10H2,1-4H3/t15-/m0/s1. The van der Waals surface area contributed by atoms with Gasteiger partial charge in [0.05, 0.1) is 18.2 Å². The van der Waals surface area contributed by atoms with Crippen LogP contribution in [-0.4, -0.2) is 56.6 Å². The third-order valence-corrected chi connectivity index (χ3v) is 4.46. The van der Waals surface area contributed by atoms with Crippen molar-refractivity contribution in [2.75, 3.05) is 20.6 Å². The van der Waals surface area contributed by atoms with E-state index in [9.17, 15) is 4.79 Å². The van der Waals surface area contributed by atoms with E-state index in [-0.39, 0.29) is 18.4 Å². The summed E-state index contributed by atoms with van der Waals surface area (Å²) in [6, 6.07) is -0.00989. The Bertz CT molecular complexity index is 757. The van der Waals surface area contributed by atoms with Crippen LogP contribution >= 0.6 is 0 Å². The van der Waals surface area contributed by atoms with E-state index in [1.807, 2.05) is 32.1 Å². The summed E-state index contributed by atoms with van der Waals surface area (Å²) >= 11 is 0. The molecule has 1 aliphatic heterocycles. The van der Waals surface area contributed by atoms with E-state index < -0.39 is 0 Å². The van der Waals surface area contributed by atoms with Crippen molar-refractivity contribution in [2.24, 2.45) is 0 Å². The van der Waals surface area contributed by atoms with Crippen LogP contribution in [0.15, 0.2) is 10.8 Å². The Labute approximate surface area is 147 Å². The van der Waals surface area contributed by atoms with Gasteiger partial charge in [-0.2, -0.15) is 0 Å². The first-order chi connectivity index (χ1) is 12.0. The molecule has 1 amide bonds. The number of hydrogen-bond donors (Lipinski definition) is 0. The van der Waals surface area contributed by atoms with Gasteiger partial charge in [-0.1, -0.05) is 10.3 Å². The number of likely N-dealkylation sites (tertiary alicyclic amines) is 1. The molecule has 25 heavy (non-hydrogen) atoms.